The second-order valence-corrected chi connectivity index (χ2v) is 5.82. The van der Waals surface area contributed by atoms with Crippen LogP contribution in [-0.2, 0) is 4.79 Å². The van der Waals surface area contributed by atoms with Gasteiger partial charge in [-0.05, 0) is 36.1 Å². The molecule has 0 spiro atoms. The smallest absolute Gasteiger partial charge is 0.252 e. The quantitative estimate of drug-likeness (QED) is 0.873. The fourth-order valence-corrected chi connectivity index (χ4v) is 1.91. The molecule has 5 heteroatoms. The second kappa shape index (κ2) is 5.74. The summed E-state index contributed by atoms with van der Waals surface area (Å²) in [4.78, 5) is 23.7. The van der Waals surface area contributed by atoms with E-state index in [0.717, 1.165) is 0 Å². The number of primary amides is 1. The lowest BCUT2D eigenvalue weighted by atomic mass is 9.86. The number of carbonyl (C=O) groups is 2. The van der Waals surface area contributed by atoms with Crippen molar-refractivity contribution in [1.82, 2.24) is 5.32 Å². The number of aryl methyl sites for hydroxylation is 1. The fourth-order valence-electron chi connectivity index (χ4n) is 1.91. The number of nitrogens with one attached hydrogen (secondary N) is 1. The molecule has 0 aliphatic carbocycles. The molecule has 1 rings (SSSR count). The zero-order valence-electron chi connectivity index (χ0n) is 12.2. The maximum Gasteiger partial charge on any atom is 0.252 e. The van der Waals surface area contributed by atoms with Gasteiger partial charge in [0.25, 0.3) is 5.91 Å². The van der Waals surface area contributed by atoms with Crippen molar-refractivity contribution in [2.24, 2.45) is 11.1 Å². The normalized spacial score (nSPS) is 12.3. The summed E-state index contributed by atoms with van der Waals surface area (Å²) in [6.45, 7) is 7.23. The maximum atomic E-state index is 12.2. The number of carbonyl (C=O) groups excluding carboxylic acids is 2. The molecule has 0 aliphatic rings. The molecule has 1 aromatic carbocycles. The Bertz CT molecular complexity index is 580. The number of nitrogens with two attached hydrogens (primary N) is 1. The van der Waals surface area contributed by atoms with E-state index in [1.807, 2.05) is 26.8 Å². The molecule has 0 fully saturated rings. The van der Waals surface area contributed by atoms with Gasteiger partial charge in [-0.25, -0.2) is 0 Å². The Kier molecular flexibility index (Phi) is 4.51. The molecule has 0 saturated carbocycles. The minimum Gasteiger partial charge on any atom is -0.368 e. The third-order valence-corrected chi connectivity index (χ3v) is 3.03. The van der Waals surface area contributed by atoms with E-state index >= 15 is 0 Å². The molecule has 0 heterocycles. The van der Waals surface area contributed by atoms with Crippen LogP contribution in [0.3, 0.4) is 0 Å². The monoisotopic (exact) mass is 273 g/mol. The standard InChI is InChI=1S/C15H19N3O2/c1-9-7-10(8-16)5-6-11(9)14(20)18-12(13(17)19)15(2,3)4/h5-7,12H,1-4H3,(H2,17,19)(H,18,20)/t12-/m1/s1. The average molecular weight is 273 g/mol. The van der Waals surface area contributed by atoms with Gasteiger partial charge in [-0.15, -0.1) is 0 Å². The Hall–Kier alpha value is -2.35. The molecule has 1 aromatic rings. The number of amides is 2. The molecule has 3 N–H and O–H groups in total. The third kappa shape index (κ3) is 3.58. The van der Waals surface area contributed by atoms with Crippen molar-refractivity contribution >= 4 is 11.8 Å². The van der Waals surface area contributed by atoms with Crippen LogP contribution >= 0.6 is 0 Å². The van der Waals surface area contributed by atoms with Gasteiger partial charge in [-0.1, -0.05) is 20.8 Å². The number of nitriles is 1. The van der Waals surface area contributed by atoms with Crippen LogP contribution in [0.2, 0.25) is 0 Å². The van der Waals surface area contributed by atoms with Crippen molar-refractivity contribution in [3.05, 3.63) is 34.9 Å². The summed E-state index contributed by atoms with van der Waals surface area (Å²) in [5.74, 6) is -0.942. The van der Waals surface area contributed by atoms with Crippen molar-refractivity contribution in [3.63, 3.8) is 0 Å². The van der Waals surface area contributed by atoms with E-state index in [1.54, 1.807) is 25.1 Å². The SMILES string of the molecule is Cc1cc(C#N)ccc1C(=O)N[C@H](C(N)=O)C(C)(C)C. The van der Waals surface area contributed by atoms with E-state index in [2.05, 4.69) is 5.32 Å². The molecule has 106 valence electrons. The van der Waals surface area contributed by atoms with Crippen molar-refractivity contribution in [2.75, 3.05) is 0 Å². The zero-order chi connectivity index (χ0) is 15.5. The number of hydrogen-bond acceptors (Lipinski definition) is 3. The highest BCUT2D eigenvalue weighted by Crippen LogP contribution is 2.20. The Morgan fingerprint density at radius 2 is 1.95 bits per heavy atom. The van der Waals surface area contributed by atoms with E-state index in [4.69, 9.17) is 11.0 Å². The van der Waals surface area contributed by atoms with Gasteiger partial charge in [-0.3, -0.25) is 9.59 Å². The fraction of sp³-hybridized carbons (Fsp3) is 0.400. The highest BCUT2D eigenvalue weighted by atomic mass is 16.2. The predicted molar refractivity (Wildman–Crippen MR) is 75.8 cm³/mol. The Labute approximate surface area is 118 Å². The van der Waals surface area contributed by atoms with Crippen molar-refractivity contribution in [2.45, 2.75) is 33.7 Å². The first-order valence-corrected chi connectivity index (χ1v) is 6.27. The Balaban J connectivity index is 3.02. The molecule has 0 bridgehead atoms. The number of rotatable bonds is 3. The molecular formula is C15H19N3O2. The minimum atomic E-state index is -0.759. The first-order chi connectivity index (χ1) is 9.16. The Morgan fingerprint density at radius 1 is 1.35 bits per heavy atom. The molecule has 0 saturated heterocycles. The van der Waals surface area contributed by atoms with E-state index in [1.165, 1.54) is 0 Å². The molecule has 0 unspecified atom stereocenters. The van der Waals surface area contributed by atoms with E-state index in [-0.39, 0.29) is 5.91 Å². The van der Waals surface area contributed by atoms with Crippen molar-refractivity contribution < 1.29 is 9.59 Å². The molecule has 0 radical (unpaired) electrons. The van der Waals surface area contributed by atoms with Crippen LogP contribution < -0.4 is 11.1 Å². The second-order valence-electron chi connectivity index (χ2n) is 5.82. The zero-order valence-corrected chi connectivity index (χ0v) is 12.2. The summed E-state index contributed by atoms with van der Waals surface area (Å²) in [5, 5.41) is 11.5. The van der Waals surface area contributed by atoms with Gasteiger partial charge < -0.3 is 11.1 Å². The van der Waals surface area contributed by atoms with Gasteiger partial charge in [0.05, 0.1) is 11.6 Å². The lowest BCUT2D eigenvalue weighted by molar-refractivity contribution is -0.122. The largest absolute Gasteiger partial charge is 0.368 e. The van der Waals surface area contributed by atoms with Crippen molar-refractivity contribution in [1.29, 1.82) is 5.26 Å². The Morgan fingerprint density at radius 3 is 2.35 bits per heavy atom. The topological polar surface area (TPSA) is 96.0 Å². The average Bonchev–Trinajstić information content (AvgIpc) is 2.33. The van der Waals surface area contributed by atoms with Gasteiger partial charge in [0.15, 0.2) is 0 Å². The van der Waals surface area contributed by atoms with Crippen LogP contribution in [0.4, 0.5) is 0 Å². The lowest BCUT2D eigenvalue weighted by Gasteiger charge is -2.28. The number of hydrogen-bond donors (Lipinski definition) is 2. The first kappa shape index (κ1) is 15.7. The summed E-state index contributed by atoms with van der Waals surface area (Å²) in [7, 11) is 0. The van der Waals surface area contributed by atoms with Gasteiger partial charge in [-0.2, -0.15) is 5.26 Å². The van der Waals surface area contributed by atoms with Crippen LogP contribution in [0, 0.1) is 23.7 Å². The van der Waals surface area contributed by atoms with Gasteiger partial charge in [0, 0.05) is 5.56 Å². The number of benzene rings is 1. The minimum absolute atomic E-state index is 0.370. The van der Waals surface area contributed by atoms with Crippen LogP contribution in [0.25, 0.3) is 0 Å². The molecule has 1 atom stereocenters. The number of nitrogens with zero attached hydrogens (tertiary/aromatic N) is 1. The van der Waals surface area contributed by atoms with Gasteiger partial charge in [0.2, 0.25) is 5.91 Å². The van der Waals surface area contributed by atoms with Crippen molar-refractivity contribution in [3.8, 4) is 6.07 Å². The summed E-state index contributed by atoms with van der Waals surface area (Å²) in [5.41, 5.74) is 6.46. The highest BCUT2D eigenvalue weighted by molar-refractivity contribution is 5.98. The summed E-state index contributed by atoms with van der Waals surface area (Å²) in [6, 6.07) is 6.02. The van der Waals surface area contributed by atoms with Crippen LogP contribution in [0.15, 0.2) is 18.2 Å². The third-order valence-electron chi connectivity index (χ3n) is 3.03. The molecule has 2 amide bonds. The lowest BCUT2D eigenvalue weighted by Crippen LogP contribution is -2.52. The van der Waals surface area contributed by atoms with Gasteiger partial charge in [0.1, 0.15) is 6.04 Å². The van der Waals surface area contributed by atoms with E-state index < -0.39 is 17.4 Å². The molecule has 0 aromatic heterocycles. The summed E-state index contributed by atoms with van der Waals surface area (Å²) >= 11 is 0. The molecule has 0 aliphatic heterocycles. The maximum absolute atomic E-state index is 12.2. The first-order valence-electron chi connectivity index (χ1n) is 6.27. The highest BCUT2D eigenvalue weighted by Gasteiger charge is 2.31. The van der Waals surface area contributed by atoms with E-state index in [9.17, 15) is 9.59 Å². The molecule has 20 heavy (non-hydrogen) atoms. The van der Waals surface area contributed by atoms with Crippen LogP contribution in [0.5, 0.6) is 0 Å². The van der Waals surface area contributed by atoms with Crippen LogP contribution in [-0.4, -0.2) is 17.9 Å². The van der Waals surface area contributed by atoms with E-state index in [0.29, 0.717) is 16.7 Å². The molecule has 5 nitrogen and oxygen atoms in total. The summed E-state index contributed by atoms with van der Waals surface area (Å²) in [6.07, 6.45) is 0. The van der Waals surface area contributed by atoms with Gasteiger partial charge >= 0.3 is 0 Å². The summed E-state index contributed by atoms with van der Waals surface area (Å²) < 4.78 is 0. The predicted octanol–water partition coefficient (Wildman–Crippen LogP) is 1.50. The van der Waals surface area contributed by atoms with Crippen LogP contribution in [0.1, 0.15) is 42.3 Å². The molecular weight excluding hydrogens is 254 g/mol.